The Morgan fingerprint density at radius 1 is 1.15 bits per heavy atom. The van der Waals surface area contributed by atoms with E-state index in [9.17, 15) is 9.59 Å². The van der Waals surface area contributed by atoms with E-state index in [2.05, 4.69) is 5.32 Å². The van der Waals surface area contributed by atoms with Crippen LogP contribution in [0.5, 0.6) is 11.5 Å². The van der Waals surface area contributed by atoms with Gasteiger partial charge in [-0.1, -0.05) is 6.07 Å². The van der Waals surface area contributed by atoms with Gasteiger partial charge in [0.25, 0.3) is 0 Å². The third-order valence-electron chi connectivity index (χ3n) is 4.34. The van der Waals surface area contributed by atoms with Gasteiger partial charge in [0.2, 0.25) is 5.78 Å². The molecule has 27 heavy (non-hydrogen) atoms. The quantitative estimate of drug-likeness (QED) is 0.623. The molecule has 0 unspecified atom stereocenters. The van der Waals surface area contributed by atoms with Crippen LogP contribution in [0.15, 0.2) is 42.6 Å². The number of carboxylic acids is 1. The smallest absolute Gasteiger partial charge is 0.322 e. The normalized spacial score (nSPS) is 10.6. The molecule has 0 radical (unpaired) electrons. The van der Waals surface area contributed by atoms with Crippen LogP contribution in [0, 0.1) is 6.92 Å². The lowest BCUT2D eigenvalue weighted by molar-refractivity contribution is -0.134. The number of carbonyl (C=O) groups is 2. The highest BCUT2D eigenvalue weighted by Crippen LogP contribution is 2.33. The third-order valence-corrected chi connectivity index (χ3v) is 4.34. The van der Waals surface area contributed by atoms with Crippen molar-refractivity contribution in [3.8, 4) is 11.5 Å². The van der Waals surface area contributed by atoms with Gasteiger partial charge in [-0.3, -0.25) is 9.59 Å². The molecule has 7 heteroatoms. The van der Waals surface area contributed by atoms with E-state index in [0.717, 1.165) is 11.1 Å². The summed E-state index contributed by atoms with van der Waals surface area (Å²) in [5, 5.41) is 11.6. The SMILES string of the molecule is COc1cc(C(=O)c2c(C)c(OC)c3ccccn23)ccc1NCC(=O)O. The zero-order valence-corrected chi connectivity index (χ0v) is 15.3. The summed E-state index contributed by atoms with van der Waals surface area (Å²) in [6, 6.07) is 10.5. The van der Waals surface area contributed by atoms with Crippen LogP contribution in [0.3, 0.4) is 0 Å². The van der Waals surface area contributed by atoms with E-state index in [0.29, 0.717) is 28.4 Å². The maximum atomic E-state index is 13.2. The molecule has 1 aromatic carbocycles. The Morgan fingerprint density at radius 3 is 2.59 bits per heavy atom. The number of carboxylic acid groups (broad SMARTS) is 1. The number of benzene rings is 1. The molecule has 0 aliphatic rings. The Labute approximate surface area is 156 Å². The lowest BCUT2D eigenvalue weighted by atomic mass is 10.0. The van der Waals surface area contributed by atoms with E-state index >= 15 is 0 Å². The lowest BCUT2D eigenvalue weighted by Gasteiger charge is -2.11. The first kappa shape index (κ1) is 18.3. The Kier molecular flexibility index (Phi) is 5.03. The topological polar surface area (TPSA) is 89.3 Å². The summed E-state index contributed by atoms with van der Waals surface area (Å²) >= 11 is 0. The van der Waals surface area contributed by atoms with Crippen LogP contribution in [0.4, 0.5) is 5.69 Å². The van der Waals surface area contributed by atoms with Gasteiger partial charge in [-0.15, -0.1) is 0 Å². The Balaban J connectivity index is 2.05. The first-order chi connectivity index (χ1) is 13.0. The number of hydrogen-bond acceptors (Lipinski definition) is 5. The highest BCUT2D eigenvalue weighted by atomic mass is 16.5. The average molecular weight is 368 g/mol. The number of fused-ring (bicyclic) bond motifs is 1. The maximum Gasteiger partial charge on any atom is 0.322 e. The van der Waals surface area contributed by atoms with Crippen molar-refractivity contribution in [1.29, 1.82) is 0 Å². The molecular formula is C20H20N2O5. The van der Waals surface area contributed by atoms with Crippen LogP contribution in [-0.4, -0.2) is 42.0 Å². The zero-order valence-electron chi connectivity index (χ0n) is 15.3. The minimum Gasteiger partial charge on any atom is -0.495 e. The van der Waals surface area contributed by atoms with Crippen LogP contribution in [-0.2, 0) is 4.79 Å². The summed E-state index contributed by atoms with van der Waals surface area (Å²) in [5.74, 6) is -0.113. The average Bonchev–Trinajstić information content (AvgIpc) is 2.96. The number of pyridine rings is 1. The molecule has 3 aromatic rings. The first-order valence-electron chi connectivity index (χ1n) is 8.30. The zero-order chi connectivity index (χ0) is 19.6. The van der Waals surface area contributed by atoms with Gasteiger partial charge >= 0.3 is 5.97 Å². The summed E-state index contributed by atoms with van der Waals surface area (Å²) in [6.45, 7) is 1.60. The van der Waals surface area contributed by atoms with E-state index in [1.165, 1.54) is 7.11 Å². The van der Waals surface area contributed by atoms with Gasteiger partial charge in [-0.05, 0) is 37.3 Å². The van der Waals surface area contributed by atoms with Gasteiger partial charge in [0.15, 0.2) is 0 Å². The van der Waals surface area contributed by atoms with E-state index in [4.69, 9.17) is 14.6 Å². The number of nitrogens with one attached hydrogen (secondary N) is 1. The summed E-state index contributed by atoms with van der Waals surface area (Å²) in [4.78, 5) is 24.0. The predicted octanol–water partition coefficient (Wildman–Crippen LogP) is 2.99. The third kappa shape index (κ3) is 3.31. The van der Waals surface area contributed by atoms with Crippen LogP contribution in [0.2, 0.25) is 0 Å². The fraction of sp³-hybridized carbons (Fsp3) is 0.200. The molecule has 0 saturated carbocycles. The molecule has 0 aliphatic carbocycles. The standard InChI is InChI=1S/C20H20N2O5/c1-12-18(22-9-5-4-6-15(22)20(12)27-3)19(25)13-7-8-14(16(10-13)26-2)21-11-17(23)24/h4-10,21H,11H2,1-3H3,(H,23,24). The van der Waals surface area contributed by atoms with Gasteiger partial charge in [0.1, 0.15) is 23.7 Å². The molecule has 0 bridgehead atoms. The minimum atomic E-state index is -0.986. The van der Waals surface area contributed by atoms with Crippen molar-refractivity contribution in [3.05, 3.63) is 59.4 Å². The van der Waals surface area contributed by atoms with Gasteiger partial charge in [-0.2, -0.15) is 0 Å². The number of ether oxygens (including phenoxy) is 2. The first-order valence-corrected chi connectivity index (χ1v) is 8.30. The highest BCUT2D eigenvalue weighted by Gasteiger charge is 2.23. The Morgan fingerprint density at radius 2 is 1.93 bits per heavy atom. The summed E-state index contributed by atoms with van der Waals surface area (Å²) in [5.41, 5.74) is 3.01. The molecule has 2 aromatic heterocycles. The number of anilines is 1. The predicted molar refractivity (Wildman–Crippen MR) is 101 cm³/mol. The van der Waals surface area contributed by atoms with Crippen LogP contribution in [0.25, 0.3) is 5.52 Å². The summed E-state index contributed by atoms with van der Waals surface area (Å²) < 4.78 is 12.6. The molecule has 2 N–H and O–H groups in total. The number of aromatic nitrogens is 1. The molecule has 3 rings (SSSR count). The number of nitrogens with zero attached hydrogens (tertiary/aromatic N) is 1. The molecule has 0 spiro atoms. The molecule has 0 fully saturated rings. The van der Waals surface area contributed by atoms with Gasteiger partial charge in [0.05, 0.1) is 25.4 Å². The second kappa shape index (κ2) is 7.41. The minimum absolute atomic E-state index is 0.180. The number of carbonyl (C=O) groups excluding carboxylic acids is 1. The molecule has 0 saturated heterocycles. The summed E-state index contributed by atoms with van der Waals surface area (Å²) in [6.07, 6.45) is 1.82. The van der Waals surface area contributed by atoms with Crippen LogP contribution >= 0.6 is 0 Å². The number of rotatable bonds is 7. The van der Waals surface area contributed by atoms with Gasteiger partial charge in [-0.25, -0.2) is 0 Å². The maximum absolute atomic E-state index is 13.2. The Hall–Kier alpha value is -3.48. The molecule has 0 atom stereocenters. The number of ketones is 1. The van der Waals surface area contributed by atoms with Crippen molar-refractivity contribution in [1.82, 2.24) is 4.40 Å². The van der Waals surface area contributed by atoms with Crippen molar-refractivity contribution < 1.29 is 24.2 Å². The molecule has 0 aliphatic heterocycles. The van der Waals surface area contributed by atoms with Crippen molar-refractivity contribution >= 4 is 23.0 Å². The molecular weight excluding hydrogens is 348 g/mol. The largest absolute Gasteiger partial charge is 0.495 e. The van der Waals surface area contributed by atoms with Gasteiger partial charge in [0, 0.05) is 17.3 Å². The van der Waals surface area contributed by atoms with Gasteiger partial charge < -0.3 is 24.3 Å². The Bertz CT molecular complexity index is 1020. The molecule has 7 nitrogen and oxygen atoms in total. The monoisotopic (exact) mass is 368 g/mol. The van der Waals surface area contributed by atoms with Crippen molar-refractivity contribution in [2.45, 2.75) is 6.92 Å². The molecule has 140 valence electrons. The fourth-order valence-corrected chi connectivity index (χ4v) is 3.13. The molecule has 2 heterocycles. The molecule has 0 amide bonds. The number of methoxy groups -OCH3 is 2. The second-order valence-electron chi connectivity index (χ2n) is 5.95. The second-order valence-corrected chi connectivity index (χ2v) is 5.95. The number of aliphatic carboxylic acids is 1. The van der Waals surface area contributed by atoms with Crippen LogP contribution < -0.4 is 14.8 Å². The lowest BCUT2D eigenvalue weighted by Crippen LogP contribution is -2.13. The van der Waals surface area contributed by atoms with E-state index in [-0.39, 0.29) is 12.3 Å². The van der Waals surface area contributed by atoms with E-state index in [1.54, 1.807) is 29.7 Å². The van der Waals surface area contributed by atoms with E-state index in [1.807, 2.05) is 31.3 Å². The van der Waals surface area contributed by atoms with Crippen LogP contribution in [0.1, 0.15) is 21.6 Å². The number of hydrogen-bond donors (Lipinski definition) is 2. The van der Waals surface area contributed by atoms with E-state index < -0.39 is 5.97 Å². The van der Waals surface area contributed by atoms with Crippen molar-refractivity contribution in [2.75, 3.05) is 26.1 Å². The van der Waals surface area contributed by atoms with Crippen molar-refractivity contribution in [3.63, 3.8) is 0 Å². The summed E-state index contributed by atoms with van der Waals surface area (Å²) in [7, 11) is 3.05. The fourth-order valence-electron chi connectivity index (χ4n) is 3.13. The van der Waals surface area contributed by atoms with Crippen molar-refractivity contribution in [2.24, 2.45) is 0 Å². The highest BCUT2D eigenvalue weighted by molar-refractivity contribution is 6.11.